The maximum atomic E-state index is 15.1. The molecule has 1 aliphatic rings. The fourth-order valence-corrected chi connectivity index (χ4v) is 3.16. The number of nitrogens with one attached hydrogen (secondary N) is 1. The number of ketones is 2. The molecule has 7 heteroatoms. The van der Waals surface area contributed by atoms with Crippen molar-refractivity contribution in [3.8, 4) is 6.07 Å². The van der Waals surface area contributed by atoms with E-state index in [9.17, 15) is 18.4 Å². The van der Waals surface area contributed by atoms with Crippen LogP contribution in [0.1, 0.15) is 37.4 Å². The van der Waals surface area contributed by atoms with Gasteiger partial charge in [-0.25, -0.2) is 13.2 Å². The summed E-state index contributed by atoms with van der Waals surface area (Å²) in [4.78, 5) is 25.2. The average molecular weight is 378 g/mol. The van der Waals surface area contributed by atoms with Crippen LogP contribution in [0.4, 0.5) is 24.5 Å². The summed E-state index contributed by atoms with van der Waals surface area (Å²) in [7, 11) is 0. The number of halogens is 3. The molecule has 0 bridgehead atoms. The highest BCUT2D eigenvalue weighted by Crippen LogP contribution is 2.37. The highest BCUT2D eigenvalue weighted by atomic mass is 19.2. The Kier molecular flexibility index (Phi) is 3.97. The third-order valence-electron chi connectivity index (χ3n) is 4.45. The van der Waals surface area contributed by atoms with Gasteiger partial charge in [-0.1, -0.05) is 30.3 Å². The Morgan fingerprint density at radius 3 is 2.00 bits per heavy atom. The van der Waals surface area contributed by atoms with Crippen LogP contribution >= 0.6 is 0 Å². The van der Waals surface area contributed by atoms with Crippen LogP contribution in [0.5, 0.6) is 0 Å². The fourth-order valence-electron chi connectivity index (χ4n) is 3.16. The SMILES string of the molecule is N#Cc1cccc(Nc2c(F)c(F)c3c(c2F)C(=O)c2ccccc2C3=O)c1. The molecule has 4 nitrogen and oxygen atoms in total. The zero-order valence-electron chi connectivity index (χ0n) is 14.0. The molecular weight excluding hydrogens is 369 g/mol. The van der Waals surface area contributed by atoms with Crippen molar-refractivity contribution in [3.63, 3.8) is 0 Å². The van der Waals surface area contributed by atoms with Gasteiger partial charge in [-0.2, -0.15) is 5.26 Å². The van der Waals surface area contributed by atoms with Crippen LogP contribution in [-0.4, -0.2) is 11.6 Å². The van der Waals surface area contributed by atoms with Gasteiger partial charge in [0.2, 0.25) is 0 Å². The third-order valence-corrected chi connectivity index (χ3v) is 4.45. The number of rotatable bonds is 2. The molecule has 4 rings (SSSR count). The number of hydrogen-bond acceptors (Lipinski definition) is 4. The summed E-state index contributed by atoms with van der Waals surface area (Å²) < 4.78 is 44.3. The van der Waals surface area contributed by atoms with E-state index in [1.54, 1.807) is 0 Å². The van der Waals surface area contributed by atoms with Crippen molar-refractivity contribution in [1.29, 1.82) is 5.26 Å². The van der Waals surface area contributed by atoms with Crippen molar-refractivity contribution < 1.29 is 22.8 Å². The van der Waals surface area contributed by atoms with Gasteiger partial charge >= 0.3 is 0 Å². The number of carbonyl (C=O) groups is 2. The molecule has 0 fully saturated rings. The zero-order chi connectivity index (χ0) is 20.0. The van der Waals surface area contributed by atoms with Crippen LogP contribution in [0, 0.1) is 28.8 Å². The second-order valence-corrected chi connectivity index (χ2v) is 6.09. The van der Waals surface area contributed by atoms with Crippen LogP contribution in [0.3, 0.4) is 0 Å². The number of benzene rings is 3. The molecule has 0 amide bonds. The quantitative estimate of drug-likeness (QED) is 0.522. The van der Waals surface area contributed by atoms with Gasteiger partial charge in [-0.3, -0.25) is 9.59 Å². The van der Waals surface area contributed by atoms with Gasteiger partial charge in [0.15, 0.2) is 29.0 Å². The fraction of sp³-hybridized carbons (Fsp3) is 0. The molecule has 0 radical (unpaired) electrons. The minimum Gasteiger partial charge on any atom is -0.351 e. The standard InChI is InChI=1S/C21H9F3N2O2/c22-16-14-15(21(28)13-7-2-1-6-12(13)20(14)27)17(23)19(18(16)24)26-11-5-3-4-10(8-11)9-25/h1-8,26H. The Morgan fingerprint density at radius 1 is 0.786 bits per heavy atom. The smallest absolute Gasteiger partial charge is 0.197 e. The number of fused-ring (bicyclic) bond motifs is 2. The molecule has 0 aromatic heterocycles. The van der Waals surface area contributed by atoms with Crippen LogP contribution < -0.4 is 5.32 Å². The Balaban J connectivity index is 1.93. The molecule has 3 aromatic carbocycles. The molecule has 0 spiro atoms. The van der Waals surface area contributed by atoms with E-state index < -0.39 is 45.8 Å². The first-order valence-electron chi connectivity index (χ1n) is 8.10. The summed E-state index contributed by atoms with van der Waals surface area (Å²) in [5.41, 5.74) is -2.51. The van der Waals surface area contributed by atoms with Crippen LogP contribution in [0.2, 0.25) is 0 Å². The average Bonchev–Trinajstić information content (AvgIpc) is 2.72. The molecule has 0 saturated heterocycles. The minimum absolute atomic E-state index is 0.0812. The Morgan fingerprint density at radius 2 is 1.39 bits per heavy atom. The maximum absolute atomic E-state index is 15.1. The van der Waals surface area contributed by atoms with E-state index in [1.807, 2.05) is 6.07 Å². The molecule has 0 aliphatic heterocycles. The van der Waals surface area contributed by atoms with Gasteiger partial charge in [-0.15, -0.1) is 0 Å². The molecule has 0 unspecified atom stereocenters. The zero-order valence-corrected chi connectivity index (χ0v) is 14.0. The van der Waals surface area contributed by atoms with Gasteiger partial charge in [0.25, 0.3) is 0 Å². The van der Waals surface area contributed by atoms with Gasteiger partial charge in [0, 0.05) is 16.8 Å². The summed E-state index contributed by atoms with van der Waals surface area (Å²) in [5.74, 6) is -6.47. The van der Waals surface area contributed by atoms with Crippen molar-refractivity contribution in [2.24, 2.45) is 0 Å². The summed E-state index contributed by atoms with van der Waals surface area (Å²) >= 11 is 0. The highest BCUT2D eigenvalue weighted by Gasteiger charge is 2.38. The van der Waals surface area contributed by atoms with Crippen molar-refractivity contribution in [2.45, 2.75) is 0 Å². The monoisotopic (exact) mass is 378 g/mol. The number of anilines is 2. The van der Waals surface area contributed by atoms with Gasteiger partial charge in [0.1, 0.15) is 5.69 Å². The van der Waals surface area contributed by atoms with Crippen molar-refractivity contribution in [1.82, 2.24) is 0 Å². The number of nitriles is 1. The predicted octanol–water partition coefficient (Wildman–Crippen LogP) is 4.49. The lowest BCUT2D eigenvalue weighted by Gasteiger charge is -2.21. The lowest BCUT2D eigenvalue weighted by molar-refractivity contribution is 0.0971. The first-order valence-corrected chi connectivity index (χ1v) is 8.10. The normalized spacial score (nSPS) is 12.2. The van der Waals surface area contributed by atoms with E-state index in [-0.39, 0.29) is 22.4 Å². The Bertz CT molecular complexity index is 1230. The minimum atomic E-state index is -1.63. The van der Waals surface area contributed by atoms with E-state index in [0.717, 1.165) is 0 Å². The largest absolute Gasteiger partial charge is 0.351 e. The lowest BCUT2D eigenvalue weighted by Crippen LogP contribution is -2.25. The highest BCUT2D eigenvalue weighted by molar-refractivity contribution is 6.28. The molecule has 1 aliphatic carbocycles. The van der Waals surface area contributed by atoms with Crippen LogP contribution in [0.25, 0.3) is 0 Å². The van der Waals surface area contributed by atoms with E-state index in [0.29, 0.717) is 0 Å². The van der Waals surface area contributed by atoms with E-state index in [2.05, 4.69) is 5.32 Å². The van der Waals surface area contributed by atoms with Gasteiger partial charge in [0.05, 0.1) is 22.8 Å². The maximum Gasteiger partial charge on any atom is 0.197 e. The summed E-state index contributed by atoms with van der Waals surface area (Å²) in [6.07, 6.45) is 0. The van der Waals surface area contributed by atoms with Gasteiger partial charge in [-0.05, 0) is 18.2 Å². The third kappa shape index (κ3) is 2.47. The topological polar surface area (TPSA) is 70.0 Å². The molecule has 3 aromatic rings. The molecule has 0 atom stereocenters. The first-order chi connectivity index (χ1) is 13.4. The number of carbonyl (C=O) groups excluding carboxylic acids is 2. The first kappa shape index (κ1) is 17.5. The molecule has 1 N–H and O–H groups in total. The Hall–Kier alpha value is -3.92. The second kappa shape index (κ2) is 6.35. The molecule has 0 saturated carbocycles. The summed E-state index contributed by atoms with van der Waals surface area (Å²) in [6, 6.07) is 13.1. The van der Waals surface area contributed by atoms with E-state index >= 15 is 4.39 Å². The van der Waals surface area contributed by atoms with Crippen LogP contribution in [-0.2, 0) is 0 Å². The molecular formula is C21H9F3N2O2. The van der Waals surface area contributed by atoms with Crippen molar-refractivity contribution >= 4 is 22.9 Å². The molecule has 0 heterocycles. The van der Waals surface area contributed by atoms with Crippen molar-refractivity contribution in [2.75, 3.05) is 5.32 Å². The van der Waals surface area contributed by atoms with E-state index in [1.165, 1.54) is 48.5 Å². The van der Waals surface area contributed by atoms with Crippen molar-refractivity contribution in [3.05, 3.63) is 93.8 Å². The lowest BCUT2D eigenvalue weighted by atomic mass is 9.83. The van der Waals surface area contributed by atoms with Crippen LogP contribution in [0.15, 0.2) is 48.5 Å². The molecule has 136 valence electrons. The number of hydrogen-bond donors (Lipinski definition) is 1. The molecule has 28 heavy (non-hydrogen) atoms. The van der Waals surface area contributed by atoms with E-state index in [4.69, 9.17) is 5.26 Å². The predicted molar refractivity (Wildman–Crippen MR) is 94.1 cm³/mol. The summed E-state index contributed by atoms with van der Waals surface area (Å²) in [5, 5.41) is 11.3. The second-order valence-electron chi connectivity index (χ2n) is 6.09. The summed E-state index contributed by atoms with van der Waals surface area (Å²) in [6.45, 7) is 0. The van der Waals surface area contributed by atoms with Gasteiger partial charge < -0.3 is 5.32 Å². The Labute approximate surface area is 156 Å². The number of nitrogens with zero attached hydrogens (tertiary/aromatic N) is 1.